The summed E-state index contributed by atoms with van der Waals surface area (Å²) in [5, 5.41) is 12.1. The Balaban J connectivity index is 1.76. The molecule has 0 unspecified atom stereocenters. The molecule has 0 spiro atoms. The van der Waals surface area contributed by atoms with Gasteiger partial charge in [0.1, 0.15) is 5.82 Å². The smallest absolute Gasteiger partial charge is 0.234 e. The number of hydrogen-bond donors (Lipinski definition) is 1. The molecule has 1 amide bonds. The Labute approximate surface area is 162 Å². The largest absolute Gasteiger partial charge is 0.325 e. The Hall–Kier alpha value is -1.34. The molecule has 0 saturated heterocycles. The molecular weight excluding hydrogens is 400 g/mol. The van der Waals surface area contributed by atoms with Gasteiger partial charge in [-0.1, -0.05) is 60.3 Å². The highest BCUT2D eigenvalue weighted by molar-refractivity contribution is 9.10. The summed E-state index contributed by atoms with van der Waals surface area (Å²) >= 11 is 4.79. The van der Waals surface area contributed by atoms with E-state index < -0.39 is 0 Å². The molecule has 2 rings (SSSR count). The normalized spacial score (nSPS) is 10.8. The molecule has 1 aromatic heterocycles. The van der Waals surface area contributed by atoms with Crippen LogP contribution in [-0.2, 0) is 18.3 Å². The Morgan fingerprint density at radius 3 is 2.60 bits per heavy atom. The van der Waals surface area contributed by atoms with Crippen LogP contribution in [0, 0.1) is 0 Å². The second kappa shape index (κ2) is 10.6. The highest BCUT2D eigenvalue weighted by Crippen LogP contribution is 2.18. The van der Waals surface area contributed by atoms with Crippen LogP contribution in [-0.4, -0.2) is 26.4 Å². The molecule has 1 heterocycles. The van der Waals surface area contributed by atoms with Crippen LogP contribution < -0.4 is 5.32 Å². The van der Waals surface area contributed by atoms with E-state index in [-0.39, 0.29) is 5.91 Å². The molecule has 0 radical (unpaired) electrons. The molecule has 0 aliphatic carbocycles. The van der Waals surface area contributed by atoms with Crippen molar-refractivity contribution >= 4 is 39.3 Å². The van der Waals surface area contributed by atoms with Gasteiger partial charge in [0.15, 0.2) is 5.16 Å². The molecule has 1 aromatic carbocycles. The third kappa shape index (κ3) is 6.82. The van der Waals surface area contributed by atoms with Crippen molar-refractivity contribution in [3.05, 3.63) is 34.6 Å². The van der Waals surface area contributed by atoms with Gasteiger partial charge in [-0.25, -0.2) is 0 Å². The topological polar surface area (TPSA) is 59.8 Å². The lowest BCUT2D eigenvalue weighted by molar-refractivity contribution is -0.113. The van der Waals surface area contributed by atoms with E-state index in [1.165, 1.54) is 37.4 Å². The first-order valence-corrected chi connectivity index (χ1v) is 10.4. The first kappa shape index (κ1) is 20.0. The first-order chi connectivity index (χ1) is 12.1. The zero-order valence-corrected chi connectivity index (χ0v) is 17.2. The van der Waals surface area contributed by atoms with E-state index in [4.69, 9.17) is 0 Å². The highest BCUT2D eigenvalue weighted by atomic mass is 79.9. The van der Waals surface area contributed by atoms with Crippen molar-refractivity contribution in [2.45, 2.75) is 50.6 Å². The molecule has 25 heavy (non-hydrogen) atoms. The van der Waals surface area contributed by atoms with E-state index in [0.29, 0.717) is 5.75 Å². The average molecular weight is 425 g/mol. The van der Waals surface area contributed by atoms with Crippen molar-refractivity contribution < 1.29 is 4.79 Å². The third-order valence-electron chi connectivity index (χ3n) is 3.89. The number of carbonyl (C=O) groups is 1. The summed E-state index contributed by atoms with van der Waals surface area (Å²) in [5.41, 5.74) is 0.791. The van der Waals surface area contributed by atoms with Crippen LogP contribution in [0.25, 0.3) is 0 Å². The van der Waals surface area contributed by atoms with Gasteiger partial charge in [-0.3, -0.25) is 4.79 Å². The zero-order valence-electron chi connectivity index (χ0n) is 14.8. The van der Waals surface area contributed by atoms with Gasteiger partial charge in [0, 0.05) is 23.6 Å². The Morgan fingerprint density at radius 1 is 1.16 bits per heavy atom. The predicted molar refractivity (Wildman–Crippen MR) is 107 cm³/mol. The number of thioether (sulfide) groups is 1. The molecule has 0 atom stereocenters. The number of unbranched alkanes of at least 4 members (excludes halogenated alkanes) is 4. The van der Waals surface area contributed by atoms with Gasteiger partial charge in [0.25, 0.3) is 0 Å². The van der Waals surface area contributed by atoms with Crippen LogP contribution in [0.15, 0.2) is 33.9 Å². The zero-order chi connectivity index (χ0) is 18.1. The van der Waals surface area contributed by atoms with E-state index in [2.05, 4.69) is 38.4 Å². The molecule has 7 heteroatoms. The minimum Gasteiger partial charge on any atom is -0.325 e. The van der Waals surface area contributed by atoms with Crippen LogP contribution >= 0.6 is 27.7 Å². The Morgan fingerprint density at radius 2 is 1.88 bits per heavy atom. The molecule has 5 nitrogen and oxygen atoms in total. The summed E-state index contributed by atoms with van der Waals surface area (Å²) in [6, 6.07) is 7.54. The lowest BCUT2D eigenvalue weighted by Crippen LogP contribution is -2.14. The van der Waals surface area contributed by atoms with Gasteiger partial charge < -0.3 is 9.88 Å². The number of rotatable bonds is 10. The lowest BCUT2D eigenvalue weighted by Gasteiger charge is -2.06. The fraction of sp³-hybridized carbons (Fsp3) is 0.500. The van der Waals surface area contributed by atoms with Crippen LogP contribution in [0.4, 0.5) is 5.69 Å². The number of carbonyl (C=O) groups excluding carboxylic acids is 1. The number of nitrogens with one attached hydrogen (secondary N) is 1. The minimum absolute atomic E-state index is 0.0450. The third-order valence-corrected chi connectivity index (χ3v) is 5.44. The second-order valence-corrected chi connectivity index (χ2v) is 7.82. The van der Waals surface area contributed by atoms with Gasteiger partial charge in [-0.2, -0.15) is 0 Å². The summed E-state index contributed by atoms with van der Waals surface area (Å²) in [5.74, 6) is 1.27. The number of benzene rings is 1. The van der Waals surface area contributed by atoms with E-state index in [9.17, 15) is 4.79 Å². The van der Waals surface area contributed by atoms with Gasteiger partial charge in [0.2, 0.25) is 5.91 Å². The number of hydrogen-bond acceptors (Lipinski definition) is 4. The molecule has 136 valence electrons. The van der Waals surface area contributed by atoms with Crippen molar-refractivity contribution in [3.8, 4) is 0 Å². The number of nitrogens with zero attached hydrogens (tertiary/aromatic N) is 3. The molecule has 0 saturated carbocycles. The fourth-order valence-electron chi connectivity index (χ4n) is 2.44. The monoisotopic (exact) mass is 424 g/mol. The van der Waals surface area contributed by atoms with Gasteiger partial charge >= 0.3 is 0 Å². The van der Waals surface area contributed by atoms with Crippen molar-refractivity contribution in [2.24, 2.45) is 7.05 Å². The molecule has 2 aromatic rings. The van der Waals surface area contributed by atoms with Crippen molar-refractivity contribution in [2.75, 3.05) is 11.1 Å². The molecule has 1 N–H and O–H groups in total. The quantitative estimate of drug-likeness (QED) is 0.438. The number of aromatic nitrogens is 3. The summed E-state index contributed by atoms with van der Waals surface area (Å²) in [4.78, 5) is 12.1. The maximum atomic E-state index is 12.1. The van der Waals surface area contributed by atoms with E-state index in [1.807, 2.05) is 35.9 Å². The summed E-state index contributed by atoms with van der Waals surface area (Å²) in [7, 11) is 1.97. The number of amides is 1. The molecule has 0 fully saturated rings. The van der Waals surface area contributed by atoms with Crippen molar-refractivity contribution in [1.29, 1.82) is 0 Å². The van der Waals surface area contributed by atoms with E-state index in [0.717, 1.165) is 34.0 Å². The van der Waals surface area contributed by atoms with E-state index >= 15 is 0 Å². The lowest BCUT2D eigenvalue weighted by atomic mass is 10.1. The van der Waals surface area contributed by atoms with Crippen molar-refractivity contribution in [1.82, 2.24) is 14.8 Å². The summed E-state index contributed by atoms with van der Waals surface area (Å²) in [6.07, 6.45) is 7.16. The SMILES string of the molecule is CCCCCCCc1nnc(SCC(=O)Nc2ccc(Br)cc2)n1C. The van der Waals surface area contributed by atoms with Crippen LogP contribution in [0.3, 0.4) is 0 Å². The second-order valence-electron chi connectivity index (χ2n) is 5.97. The highest BCUT2D eigenvalue weighted by Gasteiger charge is 2.11. The van der Waals surface area contributed by atoms with Crippen molar-refractivity contribution in [3.63, 3.8) is 0 Å². The minimum atomic E-state index is -0.0450. The Bertz CT molecular complexity index is 672. The number of aryl methyl sites for hydroxylation is 1. The van der Waals surface area contributed by atoms with Gasteiger partial charge in [0.05, 0.1) is 5.75 Å². The predicted octanol–water partition coefficient (Wildman–Crippen LogP) is 4.82. The number of halogens is 1. The van der Waals surface area contributed by atoms with Gasteiger partial charge in [-0.05, 0) is 30.7 Å². The maximum Gasteiger partial charge on any atom is 0.234 e. The molecular formula is C18H25BrN4OS. The summed E-state index contributed by atoms with van der Waals surface area (Å²) in [6.45, 7) is 2.22. The van der Waals surface area contributed by atoms with Crippen LogP contribution in [0.1, 0.15) is 44.9 Å². The standard InChI is InChI=1S/C18H25BrN4OS/c1-3-4-5-6-7-8-16-21-22-18(23(16)2)25-13-17(24)20-15-11-9-14(19)10-12-15/h9-12H,3-8,13H2,1-2H3,(H,20,24). The fourth-order valence-corrected chi connectivity index (χ4v) is 3.43. The molecule has 0 bridgehead atoms. The molecule has 0 aliphatic rings. The average Bonchev–Trinajstić information content (AvgIpc) is 2.95. The van der Waals surface area contributed by atoms with Crippen LogP contribution in [0.5, 0.6) is 0 Å². The first-order valence-electron chi connectivity index (χ1n) is 8.66. The van der Waals surface area contributed by atoms with Gasteiger partial charge in [-0.15, -0.1) is 10.2 Å². The van der Waals surface area contributed by atoms with Crippen LogP contribution in [0.2, 0.25) is 0 Å². The summed E-state index contributed by atoms with van der Waals surface area (Å²) < 4.78 is 2.98. The Kier molecular flexibility index (Phi) is 8.48. The molecule has 0 aliphatic heterocycles. The van der Waals surface area contributed by atoms with E-state index in [1.54, 1.807) is 0 Å². The number of anilines is 1. The maximum absolute atomic E-state index is 12.1.